The van der Waals surface area contributed by atoms with Crippen LogP contribution in [0.5, 0.6) is 0 Å². The van der Waals surface area contributed by atoms with Gasteiger partial charge < -0.3 is 10.6 Å². The summed E-state index contributed by atoms with van der Waals surface area (Å²) in [5, 5.41) is 5.91. The molecule has 0 fully saturated rings. The van der Waals surface area contributed by atoms with E-state index in [-0.39, 0.29) is 18.2 Å². The molecule has 0 aromatic heterocycles. The lowest BCUT2D eigenvalue weighted by Crippen LogP contribution is -2.48. The molecule has 4 nitrogen and oxygen atoms in total. The maximum Gasteiger partial charge on any atom is 0.243 e. The van der Waals surface area contributed by atoms with Crippen LogP contribution < -0.4 is 10.6 Å². The molecular weight excluding hydrogens is 665 g/mol. The summed E-state index contributed by atoms with van der Waals surface area (Å²) >= 11 is 3.40. The van der Waals surface area contributed by atoms with Crippen LogP contribution in [0.4, 0.5) is 0 Å². The zero-order chi connectivity index (χ0) is 35.4. The van der Waals surface area contributed by atoms with Crippen molar-refractivity contribution in [3.8, 4) is 0 Å². The third-order valence-electron chi connectivity index (χ3n) is 9.09. The summed E-state index contributed by atoms with van der Waals surface area (Å²) in [4.78, 5) is 27.2. The monoisotopic (exact) mass is 706 g/mol. The normalized spacial score (nSPS) is 12.1. The van der Waals surface area contributed by atoms with Gasteiger partial charge in [-0.25, -0.2) is 0 Å². The fourth-order valence-corrected chi connectivity index (χ4v) is 9.73. The highest BCUT2D eigenvalue weighted by atomic mass is 32.2. The van der Waals surface area contributed by atoms with Crippen LogP contribution in [-0.2, 0) is 19.1 Å². The Labute approximate surface area is 310 Å². The summed E-state index contributed by atoms with van der Waals surface area (Å²) in [6.07, 6.45) is 0.248. The molecule has 6 rings (SSSR count). The Hall–Kier alpha value is -5.04. The van der Waals surface area contributed by atoms with Gasteiger partial charge in [0.1, 0.15) is 6.04 Å². The summed E-state index contributed by atoms with van der Waals surface area (Å²) in [5.74, 6) is 0.516. The van der Waals surface area contributed by atoms with Gasteiger partial charge >= 0.3 is 0 Å². The van der Waals surface area contributed by atoms with Crippen LogP contribution in [0.25, 0.3) is 0 Å². The molecule has 0 unspecified atom stereocenters. The summed E-state index contributed by atoms with van der Waals surface area (Å²) in [6.45, 7) is 0. The first-order chi connectivity index (χ1) is 25.1. The molecule has 0 spiro atoms. The van der Waals surface area contributed by atoms with Gasteiger partial charge in [-0.3, -0.25) is 9.59 Å². The van der Waals surface area contributed by atoms with E-state index in [4.69, 9.17) is 0 Å². The van der Waals surface area contributed by atoms with Gasteiger partial charge in [0.05, 0.1) is 9.49 Å². The van der Waals surface area contributed by atoms with Gasteiger partial charge in [0.2, 0.25) is 11.8 Å². The first kappa shape index (κ1) is 35.8. The molecule has 1 atom stereocenters. The molecule has 0 aliphatic heterocycles. The molecule has 51 heavy (non-hydrogen) atoms. The second kappa shape index (κ2) is 17.3. The van der Waals surface area contributed by atoms with E-state index in [1.54, 1.807) is 30.6 Å². The van der Waals surface area contributed by atoms with Crippen molar-refractivity contribution < 1.29 is 9.59 Å². The summed E-state index contributed by atoms with van der Waals surface area (Å²) in [5.41, 5.74) is 6.74. The minimum absolute atomic E-state index is 0.162. The van der Waals surface area contributed by atoms with Gasteiger partial charge in [0, 0.05) is 25.0 Å². The molecule has 0 bridgehead atoms. The van der Waals surface area contributed by atoms with Gasteiger partial charge in [-0.15, -0.1) is 23.5 Å². The Balaban J connectivity index is 1.26. The topological polar surface area (TPSA) is 58.2 Å². The Bertz CT molecular complexity index is 1770. The quantitative estimate of drug-likeness (QED) is 0.105. The number of benzene rings is 6. The fourth-order valence-electron chi connectivity index (χ4n) is 6.67. The van der Waals surface area contributed by atoms with Crippen molar-refractivity contribution in [2.45, 2.75) is 22.0 Å². The van der Waals surface area contributed by atoms with Crippen LogP contribution in [0, 0.1) is 0 Å². The van der Waals surface area contributed by atoms with E-state index in [0.717, 1.165) is 33.4 Å². The van der Waals surface area contributed by atoms with Gasteiger partial charge in [-0.05, 0) is 33.4 Å². The van der Waals surface area contributed by atoms with Crippen LogP contribution in [0.3, 0.4) is 0 Å². The van der Waals surface area contributed by atoms with Crippen LogP contribution in [0.1, 0.15) is 39.8 Å². The van der Waals surface area contributed by atoms with Crippen molar-refractivity contribution in [3.05, 3.63) is 215 Å². The fraction of sp³-hybridized carbons (Fsp3) is 0.156. The minimum atomic E-state index is -0.741. The smallest absolute Gasteiger partial charge is 0.243 e. The van der Waals surface area contributed by atoms with E-state index in [9.17, 15) is 9.59 Å². The predicted molar refractivity (Wildman–Crippen MR) is 214 cm³/mol. The molecule has 6 heteroatoms. The maximum atomic E-state index is 13.8. The summed E-state index contributed by atoms with van der Waals surface area (Å²) in [6, 6.07) is 61.8. The highest BCUT2D eigenvalue weighted by Crippen LogP contribution is 2.50. The van der Waals surface area contributed by atoms with Crippen molar-refractivity contribution in [1.82, 2.24) is 10.6 Å². The van der Waals surface area contributed by atoms with E-state index in [1.165, 1.54) is 0 Å². The zero-order valence-corrected chi connectivity index (χ0v) is 30.3. The third-order valence-corrected chi connectivity index (χ3v) is 12.3. The van der Waals surface area contributed by atoms with E-state index in [1.807, 2.05) is 72.8 Å². The molecule has 2 N–H and O–H groups in total. The molecule has 6 aromatic rings. The summed E-state index contributed by atoms with van der Waals surface area (Å²) in [7, 11) is 1.62. The van der Waals surface area contributed by atoms with Crippen molar-refractivity contribution in [3.63, 3.8) is 0 Å². The van der Waals surface area contributed by atoms with Gasteiger partial charge in [0.15, 0.2) is 0 Å². The third kappa shape index (κ3) is 7.98. The number of nitrogens with one attached hydrogen (secondary N) is 2. The molecule has 0 aliphatic rings. The zero-order valence-electron chi connectivity index (χ0n) is 28.7. The second-order valence-electron chi connectivity index (χ2n) is 12.2. The van der Waals surface area contributed by atoms with Crippen molar-refractivity contribution in [2.75, 3.05) is 18.6 Å². The van der Waals surface area contributed by atoms with Crippen LogP contribution in [-0.4, -0.2) is 36.4 Å². The van der Waals surface area contributed by atoms with Gasteiger partial charge in [-0.1, -0.05) is 182 Å². The lowest BCUT2D eigenvalue weighted by Gasteiger charge is -2.36. The predicted octanol–water partition coefficient (Wildman–Crippen LogP) is 9.06. The average Bonchev–Trinajstić information content (AvgIpc) is 3.21. The first-order valence-electron chi connectivity index (χ1n) is 17.2. The Kier molecular flexibility index (Phi) is 12.1. The number of amides is 2. The Morgan fingerprint density at radius 2 is 0.784 bits per heavy atom. The molecule has 0 saturated heterocycles. The largest absolute Gasteiger partial charge is 0.357 e. The molecule has 2 amide bonds. The molecule has 0 radical (unpaired) electrons. The van der Waals surface area contributed by atoms with Crippen LogP contribution in [0.15, 0.2) is 182 Å². The van der Waals surface area contributed by atoms with E-state index in [2.05, 4.69) is 120 Å². The Morgan fingerprint density at radius 3 is 1.08 bits per heavy atom. The van der Waals surface area contributed by atoms with Crippen molar-refractivity contribution in [1.29, 1.82) is 0 Å². The van der Waals surface area contributed by atoms with Crippen LogP contribution >= 0.6 is 23.5 Å². The number of likely N-dealkylation sites (N-methyl/N-ethyl adjacent to an activating group) is 1. The van der Waals surface area contributed by atoms with Crippen molar-refractivity contribution in [2.24, 2.45) is 0 Å². The molecule has 256 valence electrons. The SMILES string of the molecule is CNC(=O)[C@@H](CSC(c1ccccc1)(c1ccccc1)c1ccccc1)NC(=O)CCSC(c1ccccc1)(c1ccccc1)c1ccccc1. The summed E-state index contributed by atoms with van der Waals surface area (Å²) < 4.78 is -1.14. The highest BCUT2D eigenvalue weighted by Gasteiger charge is 2.39. The lowest BCUT2D eigenvalue weighted by molar-refractivity contribution is -0.127. The number of thioether (sulfide) groups is 2. The number of hydrogen-bond acceptors (Lipinski definition) is 4. The minimum Gasteiger partial charge on any atom is -0.357 e. The standard InChI is InChI=1S/C45H42N2O2S2/c1-46-43(49)41(34-51-45(38-26-14-5-15-27-38,39-28-16-6-17-29-39)40-30-18-7-19-31-40)47-42(48)32-33-50-44(35-20-8-2-9-21-35,36-22-10-3-11-23-36)37-24-12-4-13-25-37/h2-31,41H,32-34H2,1H3,(H,46,49)(H,47,48)/t41-/m1/s1. The Morgan fingerprint density at radius 1 is 0.490 bits per heavy atom. The lowest BCUT2D eigenvalue weighted by atomic mass is 9.84. The molecule has 0 aliphatic carbocycles. The van der Waals surface area contributed by atoms with E-state index in [0.29, 0.717) is 11.5 Å². The average molecular weight is 707 g/mol. The number of hydrogen-bond donors (Lipinski definition) is 2. The molecular formula is C45H42N2O2S2. The molecule has 6 aromatic carbocycles. The van der Waals surface area contributed by atoms with E-state index < -0.39 is 15.5 Å². The van der Waals surface area contributed by atoms with Gasteiger partial charge in [-0.2, -0.15) is 0 Å². The van der Waals surface area contributed by atoms with E-state index >= 15 is 0 Å². The molecule has 0 saturated carbocycles. The number of rotatable bonds is 15. The number of carbonyl (C=O) groups is 2. The van der Waals surface area contributed by atoms with Gasteiger partial charge in [0.25, 0.3) is 0 Å². The van der Waals surface area contributed by atoms with Crippen LogP contribution in [0.2, 0.25) is 0 Å². The second-order valence-corrected chi connectivity index (χ2v) is 14.7. The first-order valence-corrected chi connectivity index (χ1v) is 19.2. The van der Waals surface area contributed by atoms with Crippen molar-refractivity contribution >= 4 is 35.3 Å². The highest BCUT2D eigenvalue weighted by molar-refractivity contribution is 8.01. The maximum absolute atomic E-state index is 13.8. The number of carbonyl (C=O) groups excluding carboxylic acids is 2. The molecule has 0 heterocycles.